The van der Waals surface area contributed by atoms with Gasteiger partial charge in [0, 0.05) is 5.56 Å². The van der Waals surface area contributed by atoms with E-state index < -0.39 is 12.0 Å². The van der Waals surface area contributed by atoms with Gasteiger partial charge in [0.1, 0.15) is 12.4 Å². The van der Waals surface area contributed by atoms with E-state index in [-0.39, 0.29) is 12.2 Å². The second kappa shape index (κ2) is 11.9. The second-order valence-corrected chi connectivity index (χ2v) is 10.8. The van der Waals surface area contributed by atoms with Crippen LogP contribution in [0.15, 0.2) is 98.3 Å². The van der Waals surface area contributed by atoms with Gasteiger partial charge >= 0.3 is 5.97 Å². The van der Waals surface area contributed by atoms with Crippen molar-refractivity contribution in [1.29, 1.82) is 5.26 Å². The number of hydrogen-bond acceptors (Lipinski definition) is 7. The minimum atomic E-state index is -0.638. The number of allylic oxidation sites excluding steroid dienone is 1. The van der Waals surface area contributed by atoms with E-state index in [9.17, 15) is 14.9 Å². The number of nitrogens with zero attached hydrogens (tertiary/aromatic N) is 3. The van der Waals surface area contributed by atoms with Crippen molar-refractivity contribution < 1.29 is 14.3 Å². The molecule has 0 N–H and O–H groups in total. The molecule has 0 unspecified atom stereocenters. The SMILES string of the molecule is CCC1=C(C(=O)OC)[C@@H](c2ccccc2)n2c(s/c(=C\c3ccc(OCc4ccccc4C#N)c(Br)c3)c2=O)=N1. The summed E-state index contributed by atoms with van der Waals surface area (Å²) in [5, 5.41) is 9.32. The number of fused-ring (bicyclic) bond motifs is 1. The number of methoxy groups -OCH3 is 1. The Morgan fingerprint density at radius 1 is 1.15 bits per heavy atom. The summed E-state index contributed by atoms with van der Waals surface area (Å²) in [6.45, 7) is 2.18. The van der Waals surface area contributed by atoms with Gasteiger partial charge < -0.3 is 9.47 Å². The standard InChI is InChI=1S/C31H24BrN3O4S/c1-3-24-27(30(37)38-2)28(20-9-5-4-6-10-20)35-29(36)26(40-31(35)34-24)16-19-13-14-25(23(32)15-19)39-18-22-12-8-7-11-21(22)17-33/h4-16,28H,3,18H2,1-2H3/b26-16-/t28-/m1/s1. The monoisotopic (exact) mass is 613 g/mol. The molecule has 0 bridgehead atoms. The van der Waals surface area contributed by atoms with Gasteiger partial charge in [-0.2, -0.15) is 5.26 Å². The van der Waals surface area contributed by atoms with Crippen LogP contribution in [0.1, 0.15) is 41.6 Å². The fourth-order valence-electron chi connectivity index (χ4n) is 4.60. The van der Waals surface area contributed by atoms with Crippen molar-refractivity contribution in [3.05, 3.63) is 130 Å². The van der Waals surface area contributed by atoms with Crippen molar-refractivity contribution in [3.63, 3.8) is 0 Å². The maximum Gasteiger partial charge on any atom is 0.338 e. The third-order valence-corrected chi connectivity index (χ3v) is 8.14. The van der Waals surface area contributed by atoms with Gasteiger partial charge in [-0.3, -0.25) is 9.36 Å². The number of benzene rings is 3. The van der Waals surface area contributed by atoms with Gasteiger partial charge in [0.15, 0.2) is 4.80 Å². The fraction of sp³-hybridized carbons (Fsp3) is 0.161. The lowest BCUT2D eigenvalue weighted by molar-refractivity contribution is -0.136. The van der Waals surface area contributed by atoms with Crippen molar-refractivity contribution in [2.24, 2.45) is 4.99 Å². The van der Waals surface area contributed by atoms with E-state index in [1.807, 2.05) is 73.7 Å². The minimum Gasteiger partial charge on any atom is -0.488 e. The fourth-order valence-corrected chi connectivity index (χ4v) is 6.13. The maximum absolute atomic E-state index is 13.8. The highest BCUT2D eigenvalue weighted by Crippen LogP contribution is 2.32. The first-order valence-corrected chi connectivity index (χ1v) is 14.1. The summed E-state index contributed by atoms with van der Waals surface area (Å²) >= 11 is 4.85. The maximum atomic E-state index is 13.8. The van der Waals surface area contributed by atoms with Crippen molar-refractivity contribution in [2.75, 3.05) is 7.11 Å². The zero-order valence-electron chi connectivity index (χ0n) is 21.8. The van der Waals surface area contributed by atoms with Crippen LogP contribution < -0.4 is 19.6 Å². The number of nitriles is 1. The average Bonchev–Trinajstić information content (AvgIpc) is 3.29. The highest BCUT2D eigenvalue weighted by molar-refractivity contribution is 9.10. The van der Waals surface area contributed by atoms with Crippen LogP contribution in [0.25, 0.3) is 6.08 Å². The number of thiazole rings is 1. The van der Waals surface area contributed by atoms with E-state index in [2.05, 4.69) is 22.0 Å². The van der Waals surface area contributed by atoms with E-state index >= 15 is 0 Å². The predicted octanol–water partition coefficient (Wildman–Crippen LogP) is 5.01. The van der Waals surface area contributed by atoms with Crippen molar-refractivity contribution in [2.45, 2.75) is 26.0 Å². The van der Waals surface area contributed by atoms with Crippen molar-refractivity contribution in [1.82, 2.24) is 4.57 Å². The number of carbonyl (C=O) groups excluding carboxylic acids is 1. The Morgan fingerprint density at radius 3 is 2.60 bits per heavy atom. The highest BCUT2D eigenvalue weighted by atomic mass is 79.9. The Balaban J connectivity index is 1.53. The van der Waals surface area contributed by atoms with Gasteiger partial charge in [0.25, 0.3) is 5.56 Å². The molecule has 0 saturated carbocycles. The summed E-state index contributed by atoms with van der Waals surface area (Å²) < 4.78 is 13.8. The van der Waals surface area contributed by atoms with E-state index in [1.54, 1.807) is 16.7 Å². The molecule has 200 valence electrons. The molecule has 5 rings (SSSR count). The van der Waals surface area contributed by atoms with E-state index in [4.69, 9.17) is 14.5 Å². The molecule has 1 aliphatic rings. The number of hydrogen-bond donors (Lipinski definition) is 0. The first-order chi connectivity index (χ1) is 19.4. The molecule has 9 heteroatoms. The van der Waals surface area contributed by atoms with Gasteiger partial charge in [-0.15, -0.1) is 0 Å². The number of rotatable bonds is 7. The van der Waals surface area contributed by atoms with Crippen LogP contribution >= 0.6 is 27.3 Å². The first-order valence-electron chi connectivity index (χ1n) is 12.5. The summed E-state index contributed by atoms with van der Waals surface area (Å²) in [6, 6.07) is 23.8. The summed E-state index contributed by atoms with van der Waals surface area (Å²) in [4.78, 5) is 31.9. The Hall–Kier alpha value is -4.26. The lowest BCUT2D eigenvalue weighted by atomic mass is 9.95. The molecule has 7 nitrogen and oxygen atoms in total. The average molecular weight is 615 g/mol. The van der Waals surface area contributed by atoms with Gasteiger partial charge in [0.2, 0.25) is 0 Å². The largest absolute Gasteiger partial charge is 0.488 e. The van der Waals surface area contributed by atoms with Gasteiger partial charge in [0.05, 0.1) is 45.1 Å². The number of carbonyl (C=O) groups is 1. The number of aromatic nitrogens is 1. The van der Waals surface area contributed by atoms with Crippen LogP contribution in [0.2, 0.25) is 0 Å². The number of halogens is 1. The molecule has 1 aliphatic heterocycles. The molecule has 0 saturated heterocycles. The van der Waals surface area contributed by atoms with Gasteiger partial charge in [-0.05, 0) is 57.8 Å². The zero-order valence-corrected chi connectivity index (χ0v) is 24.2. The Labute approximate surface area is 243 Å². The summed E-state index contributed by atoms with van der Waals surface area (Å²) in [7, 11) is 1.34. The predicted molar refractivity (Wildman–Crippen MR) is 156 cm³/mol. The summed E-state index contributed by atoms with van der Waals surface area (Å²) in [5.41, 5.74) is 3.71. The summed E-state index contributed by atoms with van der Waals surface area (Å²) in [5.74, 6) is 0.117. The molecule has 2 heterocycles. The molecule has 0 aliphatic carbocycles. The molecule has 0 spiro atoms. The van der Waals surface area contributed by atoms with Crippen LogP contribution in [0.5, 0.6) is 5.75 Å². The van der Waals surface area contributed by atoms with Gasteiger partial charge in [-0.25, -0.2) is 9.79 Å². The molecule has 0 amide bonds. The molecule has 0 fully saturated rings. The van der Waals surface area contributed by atoms with Crippen LogP contribution in [0.3, 0.4) is 0 Å². The minimum absolute atomic E-state index is 0.237. The molecular weight excluding hydrogens is 590 g/mol. The Kier molecular flexibility index (Phi) is 8.10. The Morgan fingerprint density at radius 2 is 1.90 bits per heavy atom. The molecule has 1 atom stereocenters. The van der Waals surface area contributed by atoms with E-state index in [1.165, 1.54) is 18.4 Å². The number of ether oxygens (including phenoxy) is 2. The third-order valence-electron chi connectivity index (χ3n) is 6.54. The van der Waals surface area contributed by atoms with E-state index in [0.717, 1.165) is 16.7 Å². The molecule has 1 aromatic heterocycles. The topological polar surface area (TPSA) is 93.7 Å². The van der Waals surface area contributed by atoms with Crippen LogP contribution in [0, 0.1) is 11.3 Å². The molecule has 4 aromatic rings. The quantitative estimate of drug-likeness (QED) is 0.273. The van der Waals surface area contributed by atoms with Gasteiger partial charge in [-0.1, -0.05) is 72.9 Å². The molecule has 40 heavy (non-hydrogen) atoms. The van der Waals surface area contributed by atoms with Crippen LogP contribution in [0.4, 0.5) is 0 Å². The summed E-state index contributed by atoms with van der Waals surface area (Å²) in [6.07, 6.45) is 2.32. The van der Waals surface area contributed by atoms with Crippen LogP contribution in [-0.2, 0) is 16.1 Å². The molecular formula is C31H24BrN3O4S. The lowest BCUT2D eigenvalue weighted by Gasteiger charge is -2.25. The first kappa shape index (κ1) is 27.3. The van der Waals surface area contributed by atoms with Crippen LogP contribution in [-0.4, -0.2) is 17.6 Å². The lowest BCUT2D eigenvalue weighted by Crippen LogP contribution is -2.40. The smallest absolute Gasteiger partial charge is 0.338 e. The second-order valence-electron chi connectivity index (χ2n) is 8.95. The molecule has 0 radical (unpaired) electrons. The number of esters is 1. The Bertz CT molecular complexity index is 1850. The third kappa shape index (κ3) is 5.28. The van der Waals surface area contributed by atoms with E-state index in [0.29, 0.717) is 42.8 Å². The normalized spacial score (nSPS) is 14.8. The highest BCUT2D eigenvalue weighted by Gasteiger charge is 2.33. The van der Waals surface area contributed by atoms with Crippen molar-refractivity contribution >= 4 is 39.3 Å². The zero-order chi connectivity index (χ0) is 28.2. The molecule has 3 aromatic carbocycles. The van der Waals surface area contributed by atoms with Crippen molar-refractivity contribution in [3.8, 4) is 11.8 Å².